The number of nitrogens with zero attached hydrogens (tertiary/aromatic N) is 4. The van der Waals surface area contributed by atoms with Gasteiger partial charge in [0, 0.05) is 39.5 Å². The van der Waals surface area contributed by atoms with Crippen LogP contribution in [-0.4, -0.2) is 61.0 Å². The van der Waals surface area contributed by atoms with E-state index in [1.165, 1.54) is 0 Å². The van der Waals surface area contributed by atoms with Crippen LogP contribution in [0.3, 0.4) is 0 Å². The second-order valence-corrected chi connectivity index (χ2v) is 9.18. The number of fused-ring (bicyclic) bond motifs is 2. The summed E-state index contributed by atoms with van der Waals surface area (Å²) in [4.78, 5) is 25.7. The summed E-state index contributed by atoms with van der Waals surface area (Å²) in [5.41, 5.74) is 1.09. The molecule has 0 radical (unpaired) electrons. The van der Waals surface area contributed by atoms with E-state index in [-0.39, 0.29) is 18.9 Å². The summed E-state index contributed by atoms with van der Waals surface area (Å²) < 4.78 is 16.1. The standard InChI is InChI=1S/C28H31N5O4/c1-18(2)37-28(34)33-11-9-32(10-12-33)27-24-16-29-25(15-26(24)30-19(3)31-27)23-14-21(36-17-35-4)13-20-7-5-6-8-22(20)23/h5-8,13-16,25,29H,1,9-12,17H2,2-4H3/t25-/m1/s1. The van der Waals surface area contributed by atoms with Crippen molar-refractivity contribution in [3.8, 4) is 5.75 Å². The highest BCUT2D eigenvalue weighted by Crippen LogP contribution is 2.31. The molecule has 3 heterocycles. The topological polar surface area (TPSA) is 89.1 Å². The van der Waals surface area contributed by atoms with E-state index in [2.05, 4.69) is 35.0 Å². The van der Waals surface area contributed by atoms with Crippen molar-refractivity contribution < 1.29 is 19.0 Å². The van der Waals surface area contributed by atoms with Crippen LogP contribution in [0.2, 0.25) is 0 Å². The maximum absolute atomic E-state index is 12.2. The van der Waals surface area contributed by atoms with E-state index in [0.717, 1.165) is 38.5 Å². The van der Waals surface area contributed by atoms with Gasteiger partial charge in [-0.1, -0.05) is 30.8 Å². The lowest BCUT2D eigenvalue weighted by molar-refractivity contribution is 0.0512. The normalized spacial score (nSPS) is 16.8. The Kier molecular flexibility index (Phi) is 6.96. The third-order valence-corrected chi connectivity index (χ3v) is 6.44. The van der Waals surface area contributed by atoms with Crippen molar-refractivity contribution in [2.45, 2.75) is 19.9 Å². The van der Waals surface area contributed by atoms with Crippen molar-refractivity contribution in [3.05, 3.63) is 70.7 Å². The molecule has 1 atom stereocenters. The van der Waals surface area contributed by atoms with E-state index in [1.807, 2.05) is 37.4 Å². The molecule has 3 aromatic rings. The first-order valence-corrected chi connectivity index (χ1v) is 12.3. The molecule has 9 heteroatoms. The van der Waals surface area contributed by atoms with E-state index in [9.17, 15) is 4.79 Å². The predicted molar refractivity (Wildman–Crippen MR) is 142 cm³/mol. The average molecular weight is 502 g/mol. The van der Waals surface area contributed by atoms with Gasteiger partial charge < -0.3 is 29.3 Å². The third kappa shape index (κ3) is 5.22. The number of rotatable bonds is 6. The van der Waals surface area contributed by atoms with Gasteiger partial charge in [-0.25, -0.2) is 14.8 Å². The van der Waals surface area contributed by atoms with Crippen LogP contribution in [0.15, 0.2) is 48.7 Å². The highest BCUT2D eigenvalue weighted by atomic mass is 16.7. The molecule has 2 aliphatic heterocycles. The minimum absolute atomic E-state index is 0.0978. The number of carbonyl (C=O) groups is 1. The van der Waals surface area contributed by atoms with Crippen LogP contribution in [-0.2, 0) is 9.47 Å². The Balaban J connectivity index is 1.46. The van der Waals surface area contributed by atoms with Gasteiger partial charge in [0.15, 0.2) is 6.79 Å². The Morgan fingerprint density at radius 2 is 1.95 bits per heavy atom. The number of aryl methyl sites for hydroxylation is 1. The number of amides is 1. The Morgan fingerprint density at radius 3 is 2.70 bits per heavy atom. The number of methoxy groups -OCH3 is 1. The smallest absolute Gasteiger partial charge is 0.414 e. The van der Waals surface area contributed by atoms with E-state index >= 15 is 0 Å². The lowest BCUT2D eigenvalue weighted by atomic mass is 9.97. The molecule has 2 aromatic carbocycles. The Labute approximate surface area is 215 Å². The summed E-state index contributed by atoms with van der Waals surface area (Å²) in [6, 6.07) is 12.2. The molecule has 1 amide bonds. The van der Waals surface area contributed by atoms with Crippen LogP contribution in [0.4, 0.5) is 10.6 Å². The van der Waals surface area contributed by atoms with Gasteiger partial charge in [0.05, 0.1) is 22.4 Å². The van der Waals surface area contributed by atoms with Gasteiger partial charge in [-0.05, 0) is 48.4 Å². The summed E-state index contributed by atoms with van der Waals surface area (Å²) in [6.45, 7) is 9.79. The molecule has 1 saturated heterocycles. The van der Waals surface area contributed by atoms with Gasteiger partial charge in [-0.15, -0.1) is 0 Å². The number of anilines is 1. The van der Waals surface area contributed by atoms with Gasteiger partial charge in [-0.2, -0.15) is 0 Å². The molecule has 1 N–H and O–H groups in total. The third-order valence-electron chi connectivity index (χ3n) is 6.44. The quantitative estimate of drug-likeness (QED) is 0.407. The fourth-order valence-corrected chi connectivity index (χ4v) is 4.75. The maximum atomic E-state index is 12.2. The van der Waals surface area contributed by atoms with Crippen LogP contribution < -0.4 is 25.5 Å². The van der Waals surface area contributed by atoms with E-state index in [4.69, 9.17) is 24.2 Å². The zero-order chi connectivity index (χ0) is 25.9. The summed E-state index contributed by atoms with van der Waals surface area (Å²) >= 11 is 0. The molecule has 0 bridgehead atoms. The van der Waals surface area contributed by atoms with Crippen LogP contribution in [0, 0.1) is 6.92 Å². The van der Waals surface area contributed by atoms with Gasteiger partial charge in [0.2, 0.25) is 0 Å². The summed E-state index contributed by atoms with van der Waals surface area (Å²) in [6.07, 6.45) is 3.77. The minimum Gasteiger partial charge on any atom is -0.468 e. The second kappa shape index (κ2) is 10.5. The summed E-state index contributed by atoms with van der Waals surface area (Å²) in [5, 5.41) is 7.60. The first-order valence-electron chi connectivity index (χ1n) is 12.3. The van der Waals surface area contributed by atoms with Crippen LogP contribution in [0.1, 0.15) is 24.4 Å². The molecule has 37 heavy (non-hydrogen) atoms. The number of allylic oxidation sites excluding steroid dienone is 1. The van der Waals surface area contributed by atoms with Crippen molar-refractivity contribution in [2.75, 3.05) is 45.0 Å². The van der Waals surface area contributed by atoms with Crippen molar-refractivity contribution in [2.24, 2.45) is 0 Å². The number of hydrogen-bond acceptors (Lipinski definition) is 8. The molecule has 192 valence electrons. The first-order chi connectivity index (χ1) is 17.9. The predicted octanol–water partition coefficient (Wildman–Crippen LogP) is 2.58. The number of nitrogens with one attached hydrogen (secondary N) is 1. The Morgan fingerprint density at radius 1 is 1.16 bits per heavy atom. The monoisotopic (exact) mass is 501 g/mol. The van der Waals surface area contributed by atoms with Gasteiger partial charge in [0.25, 0.3) is 0 Å². The number of benzene rings is 2. The fourth-order valence-electron chi connectivity index (χ4n) is 4.75. The molecule has 0 aliphatic carbocycles. The fraction of sp³-hybridized carbons (Fsp3) is 0.321. The lowest BCUT2D eigenvalue weighted by Gasteiger charge is -2.35. The van der Waals surface area contributed by atoms with E-state index in [0.29, 0.717) is 37.8 Å². The SMILES string of the molecule is C=C(C)OC(=O)N1CCN(c2nc(C)nc3c2=CN[C@@H](c2cc(OCOC)cc4ccccc24)C=3)CC1. The molecule has 2 aliphatic rings. The minimum atomic E-state index is -0.360. The van der Waals surface area contributed by atoms with Crippen molar-refractivity contribution in [1.82, 2.24) is 20.2 Å². The second-order valence-electron chi connectivity index (χ2n) is 9.18. The number of aromatic nitrogens is 2. The molecular formula is C28H31N5O4. The lowest BCUT2D eigenvalue weighted by Crippen LogP contribution is -2.52. The summed E-state index contributed by atoms with van der Waals surface area (Å²) in [7, 11) is 1.61. The maximum Gasteiger partial charge on any atom is 0.414 e. The van der Waals surface area contributed by atoms with Crippen LogP contribution in [0.25, 0.3) is 23.0 Å². The molecule has 1 fully saturated rings. The van der Waals surface area contributed by atoms with Gasteiger partial charge >= 0.3 is 6.09 Å². The number of piperazine rings is 1. The average Bonchev–Trinajstić information content (AvgIpc) is 2.90. The molecule has 0 spiro atoms. The van der Waals surface area contributed by atoms with Crippen LogP contribution in [0.5, 0.6) is 5.75 Å². The first kappa shape index (κ1) is 24.6. The van der Waals surface area contributed by atoms with Crippen molar-refractivity contribution in [1.29, 1.82) is 0 Å². The zero-order valence-electron chi connectivity index (χ0n) is 21.4. The number of ether oxygens (including phenoxy) is 3. The largest absolute Gasteiger partial charge is 0.468 e. The number of carbonyl (C=O) groups excluding carboxylic acids is 1. The molecule has 9 nitrogen and oxygen atoms in total. The molecule has 0 saturated carbocycles. The summed E-state index contributed by atoms with van der Waals surface area (Å²) in [5.74, 6) is 2.70. The Bertz CT molecular complexity index is 1460. The van der Waals surface area contributed by atoms with Crippen molar-refractivity contribution >= 4 is 35.0 Å². The van der Waals surface area contributed by atoms with E-state index < -0.39 is 0 Å². The van der Waals surface area contributed by atoms with Crippen LogP contribution >= 0.6 is 0 Å². The zero-order valence-corrected chi connectivity index (χ0v) is 21.4. The highest BCUT2D eigenvalue weighted by molar-refractivity contribution is 5.88. The molecule has 5 rings (SSSR count). The van der Waals surface area contributed by atoms with Gasteiger partial charge in [0.1, 0.15) is 17.4 Å². The molecular weight excluding hydrogens is 470 g/mol. The molecule has 0 unspecified atom stereocenters. The van der Waals surface area contributed by atoms with Crippen molar-refractivity contribution in [3.63, 3.8) is 0 Å². The number of hydrogen-bond donors (Lipinski definition) is 1. The van der Waals surface area contributed by atoms with Gasteiger partial charge in [-0.3, -0.25) is 0 Å². The molecule has 1 aromatic heterocycles. The Hall–Kier alpha value is -4.11. The van der Waals surface area contributed by atoms with E-state index in [1.54, 1.807) is 18.9 Å². The highest BCUT2D eigenvalue weighted by Gasteiger charge is 2.25.